The van der Waals surface area contributed by atoms with Crippen molar-refractivity contribution in [2.24, 2.45) is 0 Å². The third-order valence-corrected chi connectivity index (χ3v) is 3.79. The number of carbonyl (C=O) groups excluding carboxylic acids is 3. The van der Waals surface area contributed by atoms with Crippen LogP contribution in [0.25, 0.3) is 0 Å². The van der Waals surface area contributed by atoms with Crippen LogP contribution in [0.3, 0.4) is 0 Å². The van der Waals surface area contributed by atoms with Crippen LogP contribution in [-0.2, 0) is 17.6 Å². The van der Waals surface area contributed by atoms with Gasteiger partial charge in [-0.05, 0) is 30.5 Å². The van der Waals surface area contributed by atoms with Gasteiger partial charge in [-0.2, -0.15) is 0 Å². The van der Waals surface area contributed by atoms with Crippen molar-refractivity contribution in [1.29, 1.82) is 0 Å². The van der Waals surface area contributed by atoms with Crippen molar-refractivity contribution in [3.05, 3.63) is 71.1 Å². The number of hydrogen-bond donors (Lipinski definition) is 2. The summed E-state index contributed by atoms with van der Waals surface area (Å²) in [5, 5.41) is 6.03. The maximum Gasteiger partial charge on any atom is 0.267 e. The molecule has 0 unspecified atom stereocenters. The van der Waals surface area contributed by atoms with Gasteiger partial charge in [-0.25, -0.2) is 4.98 Å². The number of Topliss-reactive ketones (excluding diaryl/α,β-unsaturated/α-hetero) is 3. The predicted octanol–water partition coefficient (Wildman–Crippen LogP) is 1.92. The first-order chi connectivity index (χ1) is 12.0. The molecule has 7 nitrogen and oxygen atoms in total. The smallest absolute Gasteiger partial charge is 0.267 e. The number of ketones is 3. The quantitative estimate of drug-likeness (QED) is 0.506. The highest BCUT2D eigenvalue weighted by molar-refractivity contribution is 6.43. The predicted molar refractivity (Wildman–Crippen MR) is 89.5 cm³/mol. The second-order valence-corrected chi connectivity index (χ2v) is 5.71. The van der Waals surface area contributed by atoms with Crippen LogP contribution in [0.5, 0.6) is 0 Å². The van der Waals surface area contributed by atoms with E-state index in [1.165, 1.54) is 13.3 Å². The summed E-state index contributed by atoms with van der Waals surface area (Å²) in [5.41, 5.74) is 3.38. The van der Waals surface area contributed by atoms with E-state index in [1.54, 1.807) is 18.3 Å². The molecule has 0 aliphatic heterocycles. The normalized spacial score (nSPS) is 10.6. The van der Waals surface area contributed by atoms with Crippen molar-refractivity contribution in [2.45, 2.75) is 19.8 Å². The Morgan fingerprint density at radius 2 is 1.84 bits per heavy atom. The molecule has 126 valence electrons. The van der Waals surface area contributed by atoms with Crippen molar-refractivity contribution in [2.75, 3.05) is 0 Å². The molecule has 7 heteroatoms. The molecule has 0 bridgehead atoms. The van der Waals surface area contributed by atoms with Crippen LogP contribution in [0.15, 0.2) is 42.9 Å². The van der Waals surface area contributed by atoms with Crippen LogP contribution in [-0.4, -0.2) is 37.5 Å². The lowest BCUT2D eigenvalue weighted by Crippen LogP contribution is -2.18. The van der Waals surface area contributed by atoms with E-state index in [-0.39, 0.29) is 18.0 Å². The van der Waals surface area contributed by atoms with Crippen molar-refractivity contribution < 1.29 is 14.4 Å². The molecule has 0 saturated carbocycles. The number of hydrogen-bond acceptors (Lipinski definition) is 5. The molecule has 0 radical (unpaired) electrons. The summed E-state index contributed by atoms with van der Waals surface area (Å²) < 4.78 is 0. The van der Waals surface area contributed by atoms with Gasteiger partial charge < -0.3 is 4.98 Å². The van der Waals surface area contributed by atoms with Crippen molar-refractivity contribution in [1.82, 2.24) is 20.2 Å². The third kappa shape index (κ3) is 3.95. The highest BCUT2D eigenvalue weighted by atomic mass is 16.2. The third-order valence-electron chi connectivity index (χ3n) is 3.79. The molecule has 0 aliphatic carbocycles. The largest absolute Gasteiger partial charge is 0.364 e. The molecule has 2 heterocycles. The molecule has 2 aromatic heterocycles. The zero-order valence-corrected chi connectivity index (χ0v) is 13.6. The summed E-state index contributed by atoms with van der Waals surface area (Å²) in [4.78, 5) is 41.8. The SMILES string of the molecule is CC(=O)c1ccc(Cc2c[nH]c(CC(=O)C(=O)c3nc[nH]n3)c2)cc1. The van der Waals surface area contributed by atoms with Gasteiger partial charge in [0.25, 0.3) is 5.78 Å². The molecule has 2 N–H and O–H groups in total. The first-order valence-corrected chi connectivity index (χ1v) is 7.72. The van der Waals surface area contributed by atoms with Crippen LogP contribution in [0, 0.1) is 0 Å². The molecule has 0 spiro atoms. The number of nitrogens with one attached hydrogen (secondary N) is 2. The molecular weight excluding hydrogens is 320 g/mol. The number of H-pyrrole nitrogens is 2. The van der Waals surface area contributed by atoms with E-state index in [1.807, 2.05) is 18.2 Å². The number of carbonyl (C=O) groups is 3. The molecule has 0 saturated heterocycles. The van der Waals surface area contributed by atoms with Gasteiger partial charge in [-0.3, -0.25) is 19.5 Å². The zero-order valence-electron chi connectivity index (χ0n) is 13.6. The Morgan fingerprint density at radius 1 is 1.08 bits per heavy atom. The lowest BCUT2D eigenvalue weighted by atomic mass is 10.0. The standard InChI is InChI=1S/C18H16N4O3/c1-11(23)14-4-2-12(3-5-14)6-13-7-15(19-9-13)8-16(24)17(25)18-20-10-21-22-18/h2-5,7,9-10,19H,6,8H2,1H3,(H,20,21,22). The molecule has 3 rings (SSSR count). The van der Waals surface area contributed by atoms with E-state index in [4.69, 9.17) is 0 Å². The first-order valence-electron chi connectivity index (χ1n) is 7.72. The van der Waals surface area contributed by atoms with E-state index in [9.17, 15) is 14.4 Å². The lowest BCUT2D eigenvalue weighted by Gasteiger charge is -2.00. The van der Waals surface area contributed by atoms with Gasteiger partial charge in [0.2, 0.25) is 11.6 Å². The van der Waals surface area contributed by atoms with Gasteiger partial charge in [0, 0.05) is 17.5 Å². The molecule has 0 aliphatic rings. The first kappa shape index (κ1) is 16.5. The van der Waals surface area contributed by atoms with E-state index in [0.29, 0.717) is 17.7 Å². The average Bonchev–Trinajstić information content (AvgIpc) is 3.27. The monoisotopic (exact) mass is 336 g/mol. The Hall–Kier alpha value is -3.35. The second kappa shape index (κ2) is 7.04. The number of benzene rings is 1. The minimum Gasteiger partial charge on any atom is -0.364 e. The van der Waals surface area contributed by atoms with E-state index >= 15 is 0 Å². The van der Waals surface area contributed by atoms with Crippen molar-refractivity contribution in [3.8, 4) is 0 Å². The topological polar surface area (TPSA) is 109 Å². The van der Waals surface area contributed by atoms with Crippen molar-refractivity contribution in [3.63, 3.8) is 0 Å². The summed E-state index contributed by atoms with van der Waals surface area (Å²) in [6.45, 7) is 1.53. The number of aromatic nitrogens is 4. The second-order valence-electron chi connectivity index (χ2n) is 5.71. The van der Waals surface area contributed by atoms with Crippen LogP contribution in [0.1, 0.15) is 44.7 Å². The molecule has 1 aromatic carbocycles. The van der Waals surface area contributed by atoms with Gasteiger partial charge in [0.15, 0.2) is 5.78 Å². The van der Waals surface area contributed by atoms with Crippen molar-refractivity contribution >= 4 is 17.3 Å². The fourth-order valence-corrected chi connectivity index (χ4v) is 2.49. The lowest BCUT2D eigenvalue weighted by molar-refractivity contribution is -0.114. The van der Waals surface area contributed by atoms with Crippen LogP contribution in [0.4, 0.5) is 0 Å². The minimum atomic E-state index is -0.711. The molecule has 0 fully saturated rings. The van der Waals surface area contributed by atoms with Gasteiger partial charge in [0.05, 0.1) is 6.42 Å². The van der Waals surface area contributed by atoms with E-state index < -0.39 is 11.6 Å². The molecule has 3 aromatic rings. The Bertz CT molecular complexity index is 908. The number of nitrogens with zero attached hydrogens (tertiary/aromatic N) is 2. The van der Waals surface area contributed by atoms with Gasteiger partial charge >= 0.3 is 0 Å². The molecule has 0 amide bonds. The van der Waals surface area contributed by atoms with Crippen LogP contribution < -0.4 is 0 Å². The highest BCUT2D eigenvalue weighted by Crippen LogP contribution is 2.13. The van der Waals surface area contributed by atoms with Gasteiger partial charge in [0.1, 0.15) is 6.33 Å². The van der Waals surface area contributed by atoms with Gasteiger partial charge in [-0.1, -0.05) is 24.3 Å². The summed E-state index contributed by atoms with van der Waals surface area (Å²) in [5.74, 6) is -1.37. The number of rotatable bonds is 7. The summed E-state index contributed by atoms with van der Waals surface area (Å²) >= 11 is 0. The zero-order chi connectivity index (χ0) is 17.8. The minimum absolute atomic E-state index is 0.0311. The van der Waals surface area contributed by atoms with E-state index in [0.717, 1.165) is 11.1 Å². The Kier molecular flexibility index (Phi) is 4.65. The van der Waals surface area contributed by atoms with Gasteiger partial charge in [-0.15, -0.1) is 5.10 Å². The van der Waals surface area contributed by atoms with E-state index in [2.05, 4.69) is 20.2 Å². The average molecular weight is 336 g/mol. The number of aromatic amines is 2. The maximum atomic E-state index is 12.0. The summed E-state index contributed by atoms with van der Waals surface area (Å²) in [6.07, 6.45) is 3.69. The molecule has 0 atom stereocenters. The van der Waals surface area contributed by atoms with Crippen LogP contribution in [0.2, 0.25) is 0 Å². The highest BCUT2D eigenvalue weighted by Gasteiger charge is 2.20. The fraction of sp³-hybridized carbons (Fsp3) is 0.167. The maximum absolute atomic E-state index is 12.0. The Morgan fingerprint density at radius 3 is 2.48 bits per heavy atom. The molecular formula is C18H16N4O3. The molecule has 25 heavy (non-hydrogen) atoms. The summed E-state index contributed by atoms with van der Waals surface area (Å²) in [7, 11) is 0. The summed E-state index contributed by atoms with van der Waals surface area (Å²) in [6, 6.07) is 9.25. The van der Waals surface area contributed by atoms with Crippen LogP contribution >= 0.6 is 0 Å². The fourth-order valence-electron chi connectivity index (χ4n) is 2.49. The Labute approximate surface area is 143 Å². The Balaban J connectivity index is 1.63.